The quantitative estimate of drug-likeness (QED) is 0.401. The van der Waals surface area contributed by atoms with E-state index in [2.05, 4.69) is 20.1 Å². The molecule has 116 valence electrons. The molecule has 4 rings (SSSR count). The van der Waals surface area contributed by atoms with E-state index in [0.29, 0.717) is 0 Å². The normalized spacial score (nSPS) is 28.9. The summed E-state index contributed by atoms with van der Waals surface area (Å²) in [5.74, 6) is 0.144. The second-order valence-corrected chi connectivity index (χ2v) is 4.99. The Balaban J connectivity index is 1.89. The number of H-pyrrole nitrogens is 1. The SMILES string of the molecule is O=c1c2ncn(C3OC(CO)C(O)C3O)c2nc2nc[nH]n12. The van der Waals surface area contributed by atoms with Crippen LogP contribution in [0, 0.1) is 0 Å². The number of rotatable bonds is 2. The highest BCUT2D eigenvalue weighted by molar-refractivity contribution is 5.71. The first-order valence-corrected chi connectivity index (χ1v) is 6.53. The Morgan fingerprint density at radius 2 is 2.14 bits per heavy atom. The van der Waals surface area contributed by atoms with E-state index >= 15 is 0 Å². The molecule has 4 unspecified atom stereocenters. The lowest BCUT2D eigenvalue weighted by molar-refractivity contribution is -0.0511. The van der Waals surface area contributed by atoms with E-state index in [0.717, 1.165) is 4.52 Å². The highest BCUT2D eigenvalue weighted by Crippen LogP contribution is 2.30. The van der Waals surface area contributed by atoms with Crippen LogP contribution in [0.5, 0.6) is 0 Å². The van der Waals surface area contributed by atoms with Crippen molar-refractivity contribution in [3.8, 4) is 0 Å². The molecule has 11 heteroatoms. The Kier molecular flexibility index (Phi) is 2.77. The maximum Gasteiger partial charge on any atom is 0.302 e. The Hall–Kier alpha value is -2.34. The minimum absolute atomic E-state index is 0.0690. The smallest absolute Gasteiger partial charge is 0.302 e. The van der Waals surface area contributed by atoms with Gasteiger partial charge in [-0.25, -0.2) is 9.97 Å². The van der Waals surface area contributed by atoms with Crippen molar-refractivity contribution in [2.45, 2.75) is 24.5 Å². The zero-order chi connectivity index (χ0) is 15.4. The number of nitrogens with one attached hydrogen (secondary N) is 1. The average Bonchev–Trinajstić information content (AvgIpc) is 3.20. The Morgan fingerprint density at radius 3 is 2.86 bits per heavy atom. The Labute approximate surface area is 121 Å². The fourth-order valence-electron chi connectivity index (χ4n) is 2.60. The van der Waals surface area contributed by atoms with Crippen LogP contribution in [0.2, 0.25) is 0 Å². The second-order valence-electron chi connectivity index (χ2n) is 4.99. The van der Waals surface area contributed by atoms with Gasteiger partial charge < -0.3 is 20.1 Å². The Bertz CT molecular complexity index is 899. The number of hydrogen-bond acceptors (Lipinski definition) is 8. The first-order chi connectivity index (χ1) is 10.6. The Morgan fingerprint density at radius 1 is 1.32 bits per heavy atom. The number of ether oxygens (including phenoxy) is 1. The van der Waals surface area contributed by atoms with Gasteiger partial charge in [0.1, 0.15) is 24.6 Å². The number of nitrogens with zero attached hydrogens (tertiary/aromatic N) is 5. The van der Waals surface area contributed by atoms with Crippen LogP contribution < -0.4 is 5.56 Å². The van der Waals surface area contributed by atoms with Crippen LogP contribution in [0.25, 0.3) is 16.9 Å². The topological polar surface area (TPSA) is 151 Å². The van der Waals surface area contributed by atoms with E-state index in [1.54, 1.807) is 0 Å². The molecule has 4 atom stereocenters. The fourth-order valence-corrected chi connectivity index (χ4v) is 2.60. The van der Waals surface area contributed by atoms with Gasteiger partial charge in [-0.1, -0.05) is 0 Å². The van der Waals surface area contributed by atoms with E-state index < -0.39 is 36.7 Å². The fraction of sp³-hybridized carbons (Fsp3) is 0.455. The van der Waals surface area contributed by atoms with Gasteiger partial charge in [0, 0.05) is 0 Å². The maximum atomic E-state index is 12.2. The lowest BCUT2D eigenvalue weighted by atomic mass is 10.1. The summed E-state index contributed by atoms with van der Waals surface area (Å²) in [6, 6.07) is 0. The molecule has 1 aliphatic heterocycles. The van der Waals surface area contributed by atoms with Crippen LogP contribution in [-0.4, -0.2) is 69.4 Å². The van der Waals surface area contributed by atoms with E-state index in [9.17, 15) is 15.0 Å². The second kappa shape index (κ2) is 4.58. The van der Waals surface area contributed by atoms with Gasteiger partial charge in [0.05, 0.1) is 12.9 Å². The molecule has 1 saturated heterocycles. The minimum Gasteiger partial charge on any atom is -0.394 e. The molecule has 3 aromatic rings. The van der Waals surface area contributed by atoms with Gasteiger partial charge in [0.2, 0.25) is 0 Å². The van der Waals surface area contributed by atoms with E-state index in [1.165, 1.54) is 17.2 Å². The summed E-state index contributed by atoms with van der Waals surface area (Å²) < 4.78 is 7.90. The van der Waals surface area contributed by atoms with Crippen LogP contribution in [0.4, 0.5) is 0 Å². The molecule has 4 heterocycles. The van der Waals surface area contributed by atoms with Crippen LogP contribution >= 0.6 is 0 Å². The monoisotopic (exact) mass is 308 g/mol. The summed E-state index contributed by atoms with van der Waals surface area (Å²) in [6.07, 6.45) is -1.85. The van der Waals surface area contributed by atoms with Crippen molar-refractivity contribution in [1.82, 2.24) is 29.1 Å². The summed E-state index contributed by atoms with van der Waals surface area (Å²) in [4.78, 5) is 24.3. The van der Waals surface area contributed by atoms with Crippen molar-refractivity contribution in [3.63, 3.8) is 0 Å². The number of hydrogen-bond donors (Lipinski definition) is 4. The molecule has 0 saturated carbocycles. The molecule has 0 spiro atoms. The zero-order valence-electron chi connectivity index (χ0n) is 11.1. The molecule has 0 aromatic carbocycles. The molecule has 0 bridgehead atoms. The van der Waals surface area contributed by atoms with Crippen molar-refractivity contribution in [2.24, 2.45) is 0 Å². The average molecular weight is 308 g/mol. The predicted molar refractivity (Wildman–Crippen MR) is 69.9 cm³/mol. The van der Waals surface area contributed by atoms with E-state index in [1.807, 2.05) is 0 Å². The van der Waals surface area contributed by atoms with Crippen molar-refractivity contribution in [1.29, 1.82) is 0 Å². The largest absolute Gasteiger partial charge is 0.394 e. The van der Waals surface area contributed by atoms with Crippen LogP contribution in [0.1, 0.15) is 6.23 Å². The molecule has 22 heavy (non-hydrogen) atoms. The first-order valence-electron chi connectivity index (χ1n) is 6.53. The van der Waals surface area contributed by atoms with Crippen LogP contribution in [-0.2, 0) is 4.74 Å². The van der Waals surface area contributed by atoms with Crippen molar-refractivity contribution >= 4 is 16.9 Å². The minimum atomic E-state index is -1.28. The van der Waals surface area contributed by atoms with Crippen LogP contribution in [0.3, 0.4) is 0 Å². The van der Waals surface area contributed by atoms with Gasteiger partial charge >= 0.3 is 5.56 Å². The summed E-state index contributed by atoms with van der Waals surface area (Å²) in [5, 5.41) is 31.6. The lowest BCUT2D eigenvalue weighted by Crippen LogP contribution is -2.33. The number of aromatic amines is 1. The maximum absolute atomic E-state index is 12.2. The lowest BCUT2D eigenvalue weighted by Gasteiger charge is -2.16. The molecule has 0 amide bonds. The van der Waals surface area contributed by atoms with Crippen molar-refractivity contribution in [2.75, 3.05) is 6.61 Å². The molecule has 1 fully saturated rings. The highest BCUT2D eigenvalue weighted by Gasteiger charge is 2.44. The van der Waals surface area contributed by atoms with Crippen molar-refractivity contribution in [3.05, 3.63) is 23.0 Å². The van der Waals surface area contributed by atoms with Gasteiger partial charge in [0.25, 0.3) is 5.78 Å². The number of imidazole rings is 1. The summed E-state index contributed by atoms with van der Waals surface area (Å²) in [5.41, 5.74) is -0.200. The van der Waals surface area contributed by atoms with Crippen molar-refractivity contribution < 1.29 is 20.1 Å². The third-order valence-electron chi connectivity index (χ3n) is 3.74. The number of aliphatic hydroxyl groups is 3. The third kappa shape index (κ3) is 1.64. The molecule has 4 N–H and O–H groups in total. The van der Waals surface area contributed by atoms with E-state index in [4.69, 9.17) is 9.84 Å². The summed E-state index contributed by atoms with van der Waals surface area (Å²) in [6.45, 7) is -0.443. The highest BCUT2D eigenvalue weighted by atomic mass is 16.6. The standard InChI is InChI=1S/C11H12N6O5/c18-1-4-6(19)7(20)10(22-4)16-3-13-5-8(16)15-11-12-2-14-17(11)9(5)21/h2-4,6-7,10,18-20H,1H2,(H,12,14,15). The van der Waals surface area contributed by atoms with Gasteiger partial charge in [-0.15, -0.1) is 0 Å². The number of fused-ring (bicyclic) bond motifs is 2. The predicted octanol–water partition coefficient (Wildman–Crippen LogP) is -2.62. The van der Waals surface area contributed by atoms with Gasteiger partial charge in [0.15, 0.2) is 17.4 Å². The molecule has 11 nitrogen and oxygen atoms in total. The molecule has 0 aliphatic carbocycles. The van der Waals surface area contributed by atoms with Gasteiger partial charge in [-0.05, 0) is 0 Å². The first kappa shape index (κ1) is 13.3. The molecule has 3 aromatic heterocycles. The summed E-state index contributed by atoms with van der Waals surface area (Å²) >= 11 is 0. The van der Waals surface area contributed by atoms with E-state index in [-0.39, 0.29) is 16.9 Å². The van der Waals surface area contributed by atoms with Crippen LogP contribution in [0.15, 0.2) is 17.4 Å². The third-order valence-corrected chi connectivity index (χ3v) is 3.74. The summed E-state index contributed by atoms with van der Waals surface area (Å²) in [7, 11) is 0. The zero-order valence-corrected chi connectivity index (χ0v) is 11.1. The molecule has 1 aliphatic rings. The molecular weight excluding hydrogens is 296 g/mol. The number of aliphatic hydroxyl groups excluding tert-OH is 3. The number of aromatic nitrogens is 6. The van der Waals surface area contributed by atoms with Gasteiger partial charge in [-0.2, -0.15) is 9.50 Å². The van der Waals surface area contributed by atoms with Gasteiger partial charge in [-0.3, -0.25) is 14.5 Å². The molecular formula is C11H12N6O5. The molecule has 0 radical (unpaired) electrons.